The summed E-state index contributed by atoms with van der Waals surface area (Å²) in [6.07, 6.45) is 1.56. The molecule has 60 valence electrons. The van der Waals surface area contributed by atoms with Crippen LogP contribution in [0.4, 0.5) is 4.39 Å². The molecule has 1 rings (SSSR count). The predicted molar refractivity (Wildman–Crippen MR) is 48.1 cm³/mol. The van der Waals surface area contributed by atoms with E-state index in [1.807, 2.05) is 22.6 Å². The van der Waals surface area contributed by atoms with E-state index in [-0.39, 0.29) is 5.88 Å². The zero-order valence-corrected chi connectivity index (χ0v) is 8.13. The summed E-state index contributed by atoms with van der Waals surface area (Å²) in [6, 6.07) is 1.39. The van der Waals surface area contributed by atoms with Crippen LogP contribution in [-0.4, -0.2) is 11.6 Å². The number of nitrogens with zero attached hydrogens (tertiary/aromatic N) is 1. The van der Waals surface area contributed by atoms with Crippen LogP contribution >= 0.6 is 22.6 Å². The molecule has 0 bridgehead atoms. The SMILES string of the molecule is CCOc1ncc(I)cc1F. The zero-order valence-electron chi connectivity index (χ0n) is 5.97. The monoisotopic (exact) mass is 267 g/mol. The molecule has 11 heavy (non-hydrogen) atoms. The van der Waals surface area contributed by atoms with Gasteiger partial charge in [-0.05, 0) is 35.6 Å². The summed E-state index contributed by atoms with van der Waals surface area (Å²) in [5, 5.41) is 0. The van der Waals surface area contributed by atoms with Crippen molar-refractivity contribution >= 4 is 22.6 Å². The Bertz CT molecular complexity index is 254. The summed E-state index contributed by atoms with van der Waals surface area (Å²) < 4.78 is 18.5. The van der Waals surface area contributed by atoms with Crippen LogP contribution in [0.2, 0.25) is 0 Å². The van der Waals surface area contributed by atoms with Crippen molar-refractivity contribution < 1.29 is 9.13 Å². The minimum atomic E-state index is -0.404. The van der Waals surface area contributed by atoms with E-state index in [1.54, 1.807) is 13.1 Å². The molecule has 0 saturated carbocycles. The maximum absolute atomic E-state index is 12.8. The van der Waals surface area contributed by atoms with Gasteiger partial charge in [-0.1, -0.05) is 0 Å². The maximum atomic E-state index is 12.8. The van der Waals surface area contributed by atoms with Crippen molar-refractivity contribution in [3.05, 3.63) is 21.7 Å². The van der Waals surface area contributed by atoms with E-state index in [9.17, 15) is 4.39 Å². The summed E-state index contributed by atoms with van der Waals surface area (Å²) in [6.45, 7) is 2.23. The molecule has 0 aliphatic carbocycles. The number of aromatic nitrogens is 1. The average Bonchev–Trinajstić information content (AvgIpc) is 1.95. The molecule has 0 fully saturated rings. The lowest BCUT2D eigenvalue weighted by molar-refractivity contribution is 0.307. The van der Waals surface area contributed by atoms with E-state index < -0.39 is 5.82 Å². The van der Waals surface area contributed by atoms with Gasteiger partial charge in [-0.25, -0.2) is 9.37 Å². The van der Waals surface area contributed by atoms with Gasteiger partial charge in [0.25, 0.3) is 0 Å². The first-order valence-corrected chi connectivity index (χ1v) is 4.25. The second kappa shape index (κ2) is 3.85. The van der Waals surface area contributed by atoms with Crippen molar-refractivity contribution in [2.24, 2.45) is 0 Å². The Hall–Kier alpha value is -0.390. The highest BCUT2D eigenvalue weighted by Crippen LogP contribution is 2.15. The van der Waals surface area contributed by atoms with Crippen LogP contribution in [0.15, 0.2) is 12.3 Å². The minimum absolute atomic E-state index is 0.0768. The van der Waals surface area contributed by atoms with Crippen LogP contribution in [0.25, 0.3) is 0 Å². The number of pyridine rings is 1. The fourth-order valence-electron chi connectivity index (χ4n) is 0.645. The summed E-state index contributed by atoms with van der Waals surface area (Å²) in [7, 11) is 0. The van der Waals surface area contributed by atoms with E-state index in [0.717, 1.165) is 3.57 Å². The first-order chi connectivity index (χ1) is 5.24. The van der Waals surface area contributed by atoms with Crippen molar-refractivity contribution in [1.82, 2.24) is 4.98 Å². The number of rotatable bonds is 2. The van der Waals surface area contributed by atoms with Crippen LogP contribution < -0.4 is 4.74 Å². The fraction of sp³-hybridized carbons (Fsp3) is 0.286. The van der Waals surface area contributed by atoms with Crippen molar-refractivity contribution in [2.45, 2.75) is 6.92 Å². The van der Waals surface area contributed by atoms with Crippen LogP contribution in [0, 0.1) is 9.39 Å². The third-order valence-electron chi connectivity index (χ3n) is 1.06. The molecule has 1 aromatic heterocycles. The third kappa shape index (κ3) is 2.28. The van der Waals surface area contributed by atoms with Gasteiger partial charge in [0.2, 0.25) is 5.88 Å². The molecule has 1 heterocycles. The molecule has 0 radical (unpaired) electrons. The van der Waals surface area contributed by atoms with E-state index in [0.29, 0.717) is 6.61 Å². The van der Waals surface area contributed by atoms with Gasteiger partial charge >= 0.3 is 0 Å². The molecule has 0 aliphatic heterocycles. The van der Waals surface area contributed by atoms with Crippen molar-refractivity contribution in [3.63, 3.8) is 0 Å². The zero-order chi connectivity index (χ0) is 8.27. The Balaban J connectivity index is 2.90. The summed E-state index contributed by atoms with van der Waals surface area (Å²) in [4.78, 5) is 3.76. The van der Waals surface area contributed by atoms with Gasteiger partial charge in [-0.2, -0.15) is 0 Å². The number of halogens is 2. The Labute approximate surface area is 77.9 Å². The van der Waals surface area contributed by atoms with E-state index in [1.165, 1.54) is 6.07 Å². The highest BCUT2D eigenvalue weighted by Gasteiger charge is 2.03. The van der Waals surface area contributed by atoms with Crippen LogP contribution in [0.3, 0.4) is 0 Å². The molecule has 0 aromatic carbocycles. The molecule has 1 aromatic rings. The van der Waals surface area contributed by atoms with Gasteiger partial charge in [0.05, 0.1) is 6.61 Å². The minimum Gasteiger partial charge on any atom is -0.476 e. The molecule has 0 aliphatic rings. The molecular weight excluding hydrogens is 260 g/mol. The van der Waals surface area contributed by atoms with Gasteiger partial charge in [0, 0.05) is 9.77 Å². The Morgan fingerprint density at radius 1 is 1.73 bits per heavy atom. The number of hydrogen-bond acceptors (Lipinski definition) is 2. The molecule has 0 saturated heterocycles. The quantitative estimate of drug-likeness (QED) is 0.766. The lowest BCUT2D eigenvalue weighted by Crippen LogP contribution is -1.97. The maximum Gasteiger partial charge on any atom is 0.250 e. The van der Waals surface area contributed by atoms with Gasteiger partial charge in [0.15, 0.2) is 5.82 Å². The lowest BCUT2D eigenvalue weighted by atomic mass is 10.5. The summed E-state index contributed by atoms with van der Waals surface area (Å²) in [5.41, 5.74) is 0. The highest BCUT2D eigenvalue weighted by molar-refractivity contribution is 14.1. The average molecular weight is 267 g/mol. The molecule has 0 N–H and O–H groups in total. The fourth-order valence-corrected chi connectivity index (χ4v) is 1.06. The molecule has 2 nitrogen and oxygen atoms in total. The molecule has 4 heteroatoms. The molecule has 0 spiro atoms. The standard InChI is InChI=1S/C7H7FINO/c1-2-11-7-6(8)3-5(9)4-10-7/h3-4H,2H2,1H3. The molecule has 0 atom stereocenters. The van der Waals surface area contributed by atoms with E-state index in [2.05, 4.69) is 4.98 Å². The van der Waals surface area contributed by atoms with Gasteiger partial charge in [-0.15, -0.1) is 0 Å². The lowest BCUT2D eigenvalue weighted by Gasteiger charge is -2.01. The first-order valence-electron chi connectivity index (χ1n) is 3.18. The smallest absolute Gasteiger partial charge is 0.250 e. The van der Waals surface area contributed by atoms with Crippen LogP contribution in [0.5, 0.6) is 5.88 Å². The molecule has 0 unspecified atom stereocenters. The van der Waals surface area contributed by atoms with Gasteiger partial charge < -0.3 is 4.74 Å². The second-order valence-electron chi connectivity index (χ2n) is 1.87. The van der Waals surface area contributed by atoms with Crippen LogP contribution in [-0.2, 0) is 0 Å². The predicted octanol–water partition coefficient (Wildman–Crippen LogP) is 2.22. The Morgan fingerprint density at radius 2 is 2.45 bits per heavy atom. The van der Waals surface area contributed by atoms with Crippen molar-refractivity contribution in [3.8, 4) is 5.88 Å². The van der Waals surface area contributed by atoms with Crippen LogP contribution in [0.1, 0.15) is 6.92 Å². The topological polar surface area (TPSA) is 22.1 Å². The summed E-state index contributed by atoms with van der Waals surface area (Å²) in [5.74, 6) is -0.327. The third-order valence-corrected chi connectivity index (χ3v) is 1.65. The Morgan fingerprint density at radius 3 is 3.00 bits per heavy atom. The van der Waals surface area contributed by atoms with E-state index in [4.69, 9.17) is 4.74 Å². The normalized spacial score (nSPS) is 9.73. The molecular formula is C7H7FINO. The van der Waals surface area contributed by atoms with Gasteiger partial charge in [-0.3, -0.25) is 0 Å². The molecule has 0 amide bonds. The summed E-state index contributed by atoms with van der Waals surface area (Å²) >= 11 is 1.99. The second-order valence-corrected chi connectivity index (χ2v) is 3.12. The Kier molecular flexibility index (Phi) is 3.04. The first kappa shape index (κ1) is 8.70. The largest absolute Gasteiger partial charge is 0.476 e. The van der Waals surface area contributed by atoms with Crippen molar-refractivity contribution in [1.29, 1.82) is 0 Å². The van der Waals surface area contributed by atoms with Gasteiger partial charge in [0.1, 0.15) is 0 Å². The highest BCUT2D eigenvalue weighted by atomic mass is 127. The number of hydrogen-bond donors (Lipinski definition) is 0. The van der Waals surface area contributed by atoms with Crippen molar-refractivity contribution in [2.75, 3.05) is 6.61 Å². The number of ether oxygens (including phenoxy) is 1. The van der Waals surface area contributed by atoms with E-state index >= 15 is 0 Å².